The number of halogens is 1. The molecule has 1 aliphatic heterocycles. The SMILES string of the molecule is CN=C(NCC(=O)N1CCCCC1)N(C)Cc1csc(C)n1.I. The van der Waals surface area contributed by atoms with Gasteiger partial charge in [0.2, 0.25) is 5.91 Å². The Hall–Kier alpha value is -0.900. The fraction of sp³-hybridized carbons (Fsp3) is 0.667. The Balaban J connectivity index is 0.00000264. The van der Waals surface area contributed by atoms with Gasteiger partial charge in [-0.05, 0) is 26.2 Å². The molecule has 0 aliphatic carbocycles. The summed E-state index contributed by atoms with van der Waals surface area (Å²) in [6.45, 7) is 4.74. The molecule has 1 aliphatic rings. The van der Waals surface area contributed by atoms with Crippen molar-refractivity contribution in [3.63, 3.8) is 0 Å². The molecular formula is C15H26IN5OS. The van der Waals surface area contributed by atoms with E-state index < -0.39 is 0 Å². The van der Waals surface area contributed by atoms with Crippen LogP contribution >= 0.6 is 35.3 Å². The van der Waals surface area contributed by atoms with E-state index in [0.717, 1.165) is 42.6 Å². The van der Waals surface area contributed by atoms with Gasteiger partial charge in [0.15, 0.2) is 5.96 Å². The maximum atomic E-state index is 12.2. The van der Waals surface area contributed by atoms with E-state index in [1.165, 1.54) is 6.42 Å². The molecule has 130 valence electrons. The Morgan fingerprint density at radius 1 is 1.43 bits per heavy atom. The van der Waals surface area contributed by atoms with Crippen LogP contribution in [0, 0.1) is 6.92 Å². The minimum absolute atomic E-state index is 0. The molecule has 1 amide bonds. The molecule has 1 N–H and O–H groups in total. The first-order chi connectivity index (χ1) is 10.6. The molecule has 1 fully saturated rings. The molecule has 0 atom stereocenters. The quantitative estimate of drug-likeness (QED) is 0.433. The van der Waals surface area contributed by atoms with E-state index in [-0.39, 0.29) is 29.9 Å². The van der Waals surface area contributed by atoms with Crippen LogP contribution in [-0.2, 0) is 11.3 Å². The van der Waals surface area contributed by atoms with Crippen LogP contribution in [0.1, 0.15) is 30.0 Å². The molecule has 1 saturated heterocycles. The molecule has 0 unspecified atom stereocenters. The zero-order valence-electron chi connectivity index (χ0n) is 14.0. The highest BCUT2D eigenvalue weighted by atomic mass is 127. The van der Waals surface area contributed by atoms with Crippen molar-refractivity contribution in [3.05, 3.63) is 16.1 Å². The number of nitrogens with zero attached hydrogens (tertiary/aromatic N) is 4. The third-order valence-electron chi connectivity index (χ3n) is 3.75. The highest BCUT2D eigenvalue weighted by Crippen LogP contribution is 2.10. The minimum atomic E-state index is 0. The van der Waals surface area contributed by atoms with E-state index in [2.05, 4.69) is 20.7 Å². The number of likely N-dealkylation sites (tertiary alicyclic amines) is 1. The maximum absolute atomic E-state index is 12.2. The Kier molecular flexibility index (Phi) is 8.82. The van der Waals surface area contributed by atoms with E-state index in [0.29, 0.717) is 13.1 Å². The van der Waals surface area contributed by atoms with Crippen LogP contribution < -0.4 is 5.32 Å². The summed E-state index contributed by atoms with van der Waals surface area (Å²) in [5, 5.41) is 6.27. The van der Waals surface area contributed by atoms with Crippen LogP contribution in [0.15, 0.2) is 10.4 Å². The summed E-state index contributed by atoms with van der Waals surface area (Å²) in [7, 11) is 3.69. The Morgan fingerprint density at radius 3 is 2.70 bits per heavy atom. The van der Waals surface area contributed by atoms with Gasteiger partial charge in [-0.3, -0.25) is 9.79 Å². The van der Waals surface area contributed by atoms with Crippen LogP contribution in [0.2, 0.25) is 0 Å². The fourth-order valence-electron chi connectivity index (χ4n) is 2.59. The third kappa shape index (κ3) is 6.25. The first-order valence-corrected chi connectivity index (χ1v) is 8.58. The standard InChI is InChI=1S/C15H25N5OS.HI/c1-12-18-13(11-22-12)10-19(3)15(16-2)17-9-14(21)20-7-5-4-6-8-20;/h11H,4-10H2,1-3H3,(H,16,17);1H. The molecule has 0 spiro atoms. The zero-order chi connectivity index (χ0) is 15.9. The number of piperidine rings is 1. The Morgan fingerprint density at radius 2 is 2.13 bits per heavy atom. The van der Waals surface area contributed by atoms with Crippen molar-refractivity contribution in [1.82, 2.24) is 20.1 Å². The molecule has 1 aromatic heterocycles. The van der Waals surface area contributed by atoms with Crippen LogP contribution in [0.4, 0.5) is 0 Å². The first kappa shape index (κ1) is 20.1. The fourth-order valence-corrected chi connectivity index (χ4v) is 3.20. The molecule has 6 nitrogen and oxygen atoms in total. The number of rotatable bonds is 4. The lowest BCUT2D eigenvalue weighted by atomic mass is 10.1. The number of nitrogens with one attached hydrogen (secondary N) is 1. The number of carbonyl (C=O) groups is 1. The normalized spacial score (nSPS) is 15.1. The number of hydrogen-bond donors (Lipinski definition) is 1. The van der Waals surface area contributed by atoms with Gasteiger partial charge in [-0.25, -0.2) is 4.98 Å². The summed E-state index contributed by atoms with van der Waals surface area (Å²) in [6, 6.07) is 0. The molecule has 1 aromatic rings. The maximum Gasteiger partial charge on any atom is 0.241 e. The number of guanidine groups is 1. The van der Waals surface area contributed by atoms with Gasteiger partial charge in [-0.1, -0.05) is 0 Å². The number of aryl methyl sites for hydroxylation is 1. The van der Waals surface area contributed by atoms with E-state index in [9.17, 15) is 4.79 Å². The number of amides is 1. The topological polar surface area (TPSA) is 60.8 Å². The van der Waals surface area contributed by atoms with Crippen LogP contribution in [-0.4, -0.2) is 60.4 Å². The summed E-state index contributed by atoms with van der Waals surface area (Å²) >= 11 is 1.64. The largest absolute Gasteiger partial charge is 0.347 e. The van der Waals surface area contributed by atoms with Crippen molar-refractivity contribution in [2.24, 2.45) is 4.99 Å². The average molecular weight is 451 g/mol. The van der Waals surface area contributed by atoms with Crippen molar-refractivity contribution in [3.8, 4) is 0 Å². The van der Waals surface area contributed by atoms with Gasteiger partial charge >= 0.3 is 0 Å². The molecular weight excluding hydrogens is 425 g/mol. The van der Waals surface area contributed by atoms with E-state index in [4.69, 9.17) is 0 Å². The highest BCUT2D eigenvalue weighted by Gasteiger charge is 2.17. The summed E-state index contributed by atoms with van der Waals surface area (Å²) in [5.74, 6) is 0.870. The smallest absolute Gasteiger partial charge is 0.241 e. The van der Waals surface area contributed by atoms with E-state index in [1.807, 2.05) is 23.8 Å². The van der Waals surface area contributed by atoms with Gasteiger partial charge in [0.1, 0.15) is 0 Å². The predicted octanol–water partition coefficient (Wildman–Crippen LogP) is 2.09. The number of carbonyl (C=O) groups excluding carboxylic acids is 1. The highest BCUT2D eigenvalue weighted by molar-refractivity contribution is 14.0. The van der Waals surface area contributed by atoms with Crippen LogP contribution in [0.25, 0.3) is 0 Å². The Labute approximate surface area is 159 Å². The van der Waals surface area contributed by atoms with Gasteiger partial charge in [0.05, 0.1) is 23.8 Å². The van der Waals surface area contributed by atoms with Gasteiger partial charge < -0.3 is 15.1 Å². The third-order valence-corrected chi connectivity index (χ3v) is 4.57. The van der Waals surface area contributed by atoms with Crippen molar-refractivity contribution in [2.45, 2.75) is 32.7 Å². The van der Waals surface area contributed by atoms with Crippen LogP contribution in [0.5, 0.6) is 0 Å². The summed E-state index contributed by atoms with van der Waals surface area (Å²) < 4.78 is 0. The molecule has 2 heterocycles. The second-order valence-electron chi connectivity index (χ2n) is 5.56. The summed E-state index contributed by atoms with van der Waals surface area (Å²) in [5.41, 5.74) is 1.02. The lowest BCUT2D eigenvalue weighted by molar-refractivity contribution is -0.130. The number of thiazole rings is 1. The number of aliphatic imine (C=N–C) groups is 1. The van der Waals surface area contributed by atoms with Crippen LogP contribution in [0.3, 0.4) is 0 Å². The summed E-state index contributed by atoms with van der Waals surface area (Å²) in [4.78, 5) is 24.8. The van der Waals surface area contributed by atoms with Crippen molar-refractivity contribution >= 4 is 47.2 Å². The molecule has 2 rings (SSSR count). The molecule has 0 bridgehead atoms. The molecule has 0 radical (unpaired) electrons. The van der Waals surface area contributed by atoms with E-state index >= 15 is 0 Å². The van der Waals surface area contributed by atoms with Gasteiger partial charge in [-0.2, -0.15) is 0 Å². The monoisotopic (exact) mass is 451 g/mol. The lowest BCUT2D eigenvalue weighted by Crippen LogP contribution is -2.46. The second-order valence-corrected chi connectivity index (χ2v) is 6.62. The number of hydrogen-bond acceptors (Lipinski definition) is 4. The van der Waals surface area contributed by atoms with Crippen molar-refractivity contribution in [1.29, 1.82) is 0 Å². The van der Waals surface area contributed by atoms with E-state index in [1.54, 1.807) is 18.4 Å². The lowest BCUT2D eigenvalue weighted by Gasteiger charge is -2.28. The van der Waals surface area contributed by atoms with Gasteiger partial charge in [0, 0.05) is 32.6 Å². The summed E-state index contributed by atoms with van der Waals surface area (Å²) in [6.07, 6.45) is 3.46. The molecule has 23 heavy (non-hydrogen) atoms. The second kappa shape index (κ2) is 10.1. The molecule has 0 saturated carbocycles. The number of aromatic nitrogens is 1. The zero-order valence-corrected chi connectivity index (χ0v) is 17.2. The molecule has 0 aromatic carbocycles. The van der Waals surface area contributed by atoms with Gasteiger partial charge in [0.25, 0.3) is 0 Å². The Bertz CT molecular complexity index is 528. The van der Waals surface area contributed by atoms with Crippen molar-refractivity contribution < 1.29 is 4.79 Å². The predicted molar refractivity (Wildman–Crippen MR) is 106 cm³/mol. The average Bonchev–Trinajstić information content (AvgIpc) is 2.93. The first-order valence-electron chi connectivity index (χ1n) is 7.70. The molecule has 8 heteroatoms. The van der Waals surface area contributed by atoms with Crippen molar-refractivity contribution in [2.75, 3.05) is 33.7 Å². The minimum Gasteiger partial charge on any atom is -0.347 e. The van der Waals surface area contributed by atoms with Gasteiger partial charge in [-0.15, -0.1) is 35.3 Å².